The summed E-state index contributed by atoms with van der Waals surface area (Å²) in [4.78, 5) is 28.8. The molecular formula is C19H20N2O5. The van der Waals surface area contributed by atoms with Crippen LogP contribution in [0.25, 0.3) is 0 Å². The summed E-state index contributed by atoms with van der Waals surface area (Å²) in [6, 6.07) is 8.88. The van der Waals surface area contributed by atoms with Crippen molar-refractivity contribution in [2.45, 2.75) is 25.4 Å². The van der Waals surface area contributed by atoms with Crippen LogP contribution in [-0.2, 0) is 0 Å². The molecule has 1 saturated heterocycles. The van der Waals surface area contributed by atoms with Gasteiger partial charge in [-0.1, -0.05) is 6.07 Å². The van der Waals surface area contributed by atoms with E-state index in [4.69, 9.17) is 9.47 Å². The van der Waals surface area contributed by atoms with E-state index in [0.29, 0.717) is 30.2 Å². The Bertz CT molecular complexity index is 907. The first kappa shape index (κ1) is 16.7. The molecule has 1 amide bonds. The fourth-order valence-electron chi connectivity index (χ4n) is 3.56. The lowest BCUT2D eigenvalue weighted by Gasteiger charge is -2.36. The fourth-order valence-corrected chi connectivity index (χ4v) is 3.56. The van der Waals surface area contributed by atoms with Gasteiger partial charge in [-0.05, 0) is 43.2 Å². The maximum Gasteiger partial charge on any atom is 0.260 e. The van der Waals surface area contributed by atoms with Crippen LogP contribution in [0.3, 0.4) is 0 Å². The Morgan fingerprint density at radius 3 is 2.81 bits per heavy atom. The van der Waals surface area contributed by atoms with E-state index in [9.17, 15) is 14.7 Å². The summed E-state index contributed by atoms with van der Waals surface area (Å²) in [7, 11) is 0. The first-order chi connectivity index (χ1) is 12.5. The Morgan fingerprint density at radius 1 is 1.23 bits per heavy atom. The normalized spacial score (nSPS) is 21.7. The molecule has 0 unspecified atom stereocenters. The molecular weight excluding hydrogens is 336 g/mol. The van der Waals surface area contributed by atoms with Crippen LogP contribution in [0, 0.1) is 6.92 Å². The van der Waals surface area contributed by atoms with Gasteiger partial charge in [-0.25, -0.2) is 0 Å². The molecule has 0 bridgehead atoms. The van der Waals surface area contributed by atoms with Crippen molar-refractivity contribution in [1.29, 1.82) is 0 Å². The molecule has 2 aromatic rings. The Hall–Kier alpha value is -2.80. The van der Waals surface area contributed by atoms with Gasteiger partial charge >= 0.3 is 0 Å². The maximum absolute atomic E-state index is 12.6. The lowest BCUT2D eigenvalue weighted by atomic mass is 9.86. The largest absolute Gasteiger partial charge is 0.454 e. The van der Waals surface area contributed by atoms with E-state index in [1.54, 1.807) is 13.0 Å². The van der Waals surface area contributed by atoms with E-state index in [1.807, 2.05) is 18.2 Å². The number of carbonyl (C=O) groups is 1. The number of fused-ring (bicyclic) bond motifs is 1. The smallest absolute Gasteiger partial charge is 0.260 e. The minimum atomic E-state index is -0.711. The third-order valence-corrected chi connectivity index (χ3v) is 4.98. The van der Waals surface area contributed by atoms with Crippen LogP contribution in [-0.4, -0.2) is 46.9 Å². The van der Waals surface area contributed by atoms with Crippen molar-refractivity contribution in [2.75, 3.05) is 19.9 Å². The Kier molecular flexibility index (Phi) is 4.16. The summed E-state index contributed by atoms with van der Waals surface area (Å²) in [6.07, 6.45) is -0.103. The maximum atomic E-state index is 12.6. The number of H-pyrrole nitrogens is 1. The average molecular weight is 356 g/mol. The number of aliphatic hydroxyl groups excluding tert-OH is 1. The molecule has 26 heavy (non-hydrogen) atoms. The number of hydrogen-bond acceptors (Lipinski definition) is 5. The number of benzene rings is 1. The van der Waals surface area contributed by atoms with Crippen molar-refractivity contribution in [1.82, 2.24) is 9.88 Å². The molecule has 0 saturated carbocycles. The molecule has 2 N–H and O–H groups in total. The number of aromatic nitrogens is 1. The third kappa shape index (κ3) is 2.94. The van der Waals surface area contributed by atoms with Crippen molar-refractivity contribution in [2.24, 2.45) is 0 Å². The number of nitrogens with zero attached hydrogens (tertiary/aromatic N) is 1. The summed E-state index contributed by atoms with van der Waals surface area (Å²) in [6.45, 7) is 2.63. The number of amides is 1. The molecule has 4 rings (SSSR count). The van der Waals surface area contributed by atoms with E-state index in [1.165, 1.54) is 11.0 Å². The van der Waals surface area contributed by atoms with Crippen molar-refractivity contribution in [3.8, 4) is 11.5 Å². The van der Waals surface area contributed by atoms with E-state index < -0.39 is 11.7 Å². The van der Waals surface area contributed by atoms with Crippen LogP contribution >= 0.6 is 0 Å². The van der Waals surface area contributed by atoms with Crippen LogP contribution < -0.4 is 15.0 Å². The molecule has 0 radical (unpaired) electrons. The van der Waals surface area contributed by atoms with Gasteiger partial charge in [-0.3, -0.25) is 9.59 Å². The van der Waals surface area contributed by atoms with Gasteiger partial charge in [0.2, 0.25) is 6.79 Å². The van der Waals surface area contributed by atoms with Crippen LogP contribution in [0.1, 0.15) is 34.0 Å². The quantitative estimate of drug-likeness (QED) is 0.849. The van der Waals surface area contributed by atoms with E-state index in [-0.39, 0.29) is 30.7 Å². The second-order valence-electron chi connectivity index (χ2n) is 6.71. The van der Waals surface area contributed by atoms with Gasteiger partial charge in [0.05, 0.1) is 6.10 Å². The highest BCUT2D eigenvalue weighted by atomic mass is 16.7. The Labute approximate surface area is 150 Å². The van der Waals surface area contributed by atoms with Crippen molar-refractivity contribution < 1.29 is 19.4 Å². The number of hydrogen-bond donors (Lipinski definition) is 2. The molecule has 3 heterocycles. The molecule has 0 spiro atoms. The first-order valence-electron chi connectivity index (χ1n) is 8.60. The van der Waals surface area contributed by atoms with E-state index in [0.717, 1.165) is 5.56 Å². The molecule has 1 aromatic heterocycles. The minimum Gasteiger partial charge on any atom is -0.454 e. The van der Waals surface area contributed by atoms with Crippen LogP contribution in [0.4, 0.5) is 0 Å². The number of aryl methyl sites for hydroxylation is 1. The number of aliphatic hydroxyl groups is 1. The molecule has 2 atom stereocenters. The van der Waals surface area contributed by atoms with Gasteiger partial charge in [0.25, 0.3) is 11.5 Å². The number of aromatic amines is 1. The number of pyridine rings is 1. The number of carbonyl (C=O) groups excluding carboxylic acids is 1. The summed E-state index contributed by atoms with van der Waals surface area (Å²) < 4.78 is 10.7. The van der Waals surface area contributed by atoms with Crippen molar-refractivity contribution >= 4 is 5.91 Å². The van der Waals surface area contributed by atoms with Gasteiger partial charge in [-0.2, -0.15) is 0 Å². The second kappa shape index (κ2) is 6.49. The number of ether oxygens (including phenoxy) is 2. The monoisotopic (exact) mass is 356 g/mol. The van der Waals surface area contributed by atoms with Gasteiger partial charge in [0.15, 0.2) is 11.5 Å². The predicted octanol–water partition coefficient (Wildman–Crippen LogP) is 1.40. The van der Waals surface area contributed by atoms with Crippen LogP contribution in [0.5, 0.6) is 11.5 Å². The van der Waals surface area contributed by atoms with Crippen molar-refractivity contribution in [3.63, 3.8) is 0 Å². The predicted molar refractivity (Wildman–Crippen MR) is 93.6 cm³/mol. The Morgan fingerprint density at radius 2 is 2.04 bits per heavy atom. The zero-order valence-electron chi connectivity index (χ0n) is 14.4. The summed E-state index contributed by atoms with van der Waals surface area (Å²) in [5.41, 5.74) is 1.36. The second-order valence-corrected chi connectivity index (χ2v) is 6.71. The topological polar surface area (TPSA) is 91.9 Å². The van der Waals surface area contributed by atoms with Gasteiger partial charge in [0.1, 0.15) is 5.56 Å². The number of nitrogens with one attached hydrogen (secondary N) is 1. The molecule has 136 valence electrons. The zero-order valence-corrected chi connectivity index (χ0v) is 14.4. The highest BCUT2D eigenvalue weighted by Crippen LogP contribution is 2.37. The molecule has 7 heteroatoms. The van der Waals surface area contributed by atoms with Gasteiger partial charge < -0.3 is 24.5 Å². The van der Waals surface area contributed by atoms with Crippen molar-refractivity contribution in [3.05, 3.63) is 57.5 Å². The Balaban J connectivity index is 1.50. The SMILES string of the molecule is Cc1ccc(C(=O)N2CC[C@H](c3ccc4c(c3)OCO4)[C@@H](O)C2)c(=O)[nH]1. The average Bonchev–Trinajstić information content (AvgIpc) is 3.09. The number of piperidine rings is 1. The standard InChI is InChI=1S/C19H20N2O5/c1-11-2-4-14(18(23)20-11)19(24)21-7-6-13(15(22)9-21)12-3-5-16-17(8-12)26-10-25-16/h2-5,8,13,15,22H,6-7,9-10H2,1H3,(H,20,23)/t13-,15+/m1/s1. The molecule has 2 aliphatic heterocycles. The fraction of sp³-hybridized carbons (Fsp3) is 0.368. The first-order valence-corrected chi connectivity index (χ1v) is 8.60. The van der Waals surface area contributed by atoms with Gasteiger partial charge in [0, 0.05) is 24.7 Å². The number of rotatable bonds is 2. The summed E-state index contributed by atoms with van der Waals surface area (Å²) in [5.74, 6) is 0.938. The van der Waals surface area contributed by atoms with E-state index in [2.05, 4.69) is 4.98 Å². The minimum absolute atomic E-state index is 0.0927. The van der Waals surface area contributed by atoms with E-state index >= 15 is 0 Å². The number of β-amino-alcohol motifs (C(OH)–C–C–N with tert-alkyl or cyclic N) is 1. The van der Waals surface area contributed by atoms with Crippen LogP contribution in [0.2, 0.25) is 0 Å². The molecule has 1 aromatic carbocycles. The van der Waals surface area contributed by atoms with Crippen LogP contribution in [0.15, 0.2) is 35.1 Å². The molecule has 2 aliphatic rings. The highest BCUT2D eigenvalue weighted by Gasteiger charge is 2.33. The van der Waals surface area contributed by atoms with Gasteiger partial charge in [-0.15, -0.1) is 0 Å². The zero-order chi connectivity index (χ0) is 18.3. The molecule has 0 aliphatic carbocycles. The molecule has 1 fully saturated rings. The molecule has 7 nitrogen and oxygen atoms in total. The lowest BCUT2D eigenvalue weighted by Crippen LogP contribution is -2.46. The summed E-state index contributed by atoms with van der Waals surface area (Å²) >= 11 is 0. The summed E-state index contributed by atoms with van der Waals surface area (Å²) in [5, 5.41) is 10.6. The third-order valence-electron chi connectivity index (χ3n) is 4.98. The number of likely N-dealkylation sites (tertiary alicyclic amines) is 1. The highest BCUT2D eigenvalue weighted by molar-refractivity contribution is 5.94. The lowest BCUT2D eigenvalue weighted by molar-refractivity contribution is 0.0380.